The third-order valence-electron chi connectivity index (χ3n) is 2.89. The summed E-state index contributed by atoms with van der Waals surface area (Å²) >= 11 is 15.2. The SMILES string of the molecule is C=CCN(c1ccc(Br)c(Cl)c1)S(=O)(=O)c1ccc(Cl)cc1. The molecule has 0 amide bonds. The maximum absolute atomic E-state index is 12.8. The molecule has 0 saturated heterocycles. The molecule has 0 radical (unpaired) electrons. The zero-order valence-electron chi connectivity index (χ0n) is 11.3. The molecule has 0 aliphatic carbocycles. The van der Waals surface area contributed by atoms with Gasteiger partial charge in [0.1, 0.15) is 0 Å². The van der Waals surface area contributed by atoms with Crippen molar-refractivity contribution in [2.45, 2.75) is 4.90 Å². The lowest BCUT2D eigenvalue weighted by molar-refractivity contribution is 0.593. The topological polar surface area (TPSA) is 37.4 Å². The molecule has 0 atom stereocenters. The Morgan fingerprint density at radius 3 is 2.32 bits per heavy atom. The van der Waals surface area contributed by atoms with Crippen LogP contribution in [0.15, 0.2) is 64.5 Å². The van der Waals surface area contributed by atoms with E-state index in [4.69, 9.17) is 23.2 Å². The molecule has 116 valence electrons. The zero-order valence-corrected chi connectivity index (χ0v) is 15.3. The Morgan fingerprint density at radius 1 is 1.14 bits per heavy atom. The normalized spacial score (nSPS) is 11.2. The van der Waals surface area contributed by atoms with Crippen LogP contribution in [0.4, 0.5) is 5.69 Å². The molecular formula is C15H12BrCl2NO2S. The van der Waals surface area contributed by atoms with Crippen LogP contribution in [0, 0.1) is 0 Å². The van der Waals surface area contributed by atoms with Crippen LogP contribution < -0.4 is 4.31 Å². The van der Waals surface area contributed by atoms with Crippen molar-refractivity contribution in [3.63, 3.8) is 0 Å². The number of hydrogen-bond acceptors (Lipinski definition) is 2. The van der Waals surface area contributed by atoms with Crippen LogP contribution in [0.2, 0.25) is 10.0 Å². The van der Waals surface area contributed by atoms with Gasteiger partial charge in [-0.25, -0.2) is 8.42 Å². The van der Waals surface area contributed by atoms with Gasteiger partial charge in [-0.2, -0.15) is 0 Å². The van der Waals surface area contributed by atoms with E-state index >= 15 is 0 Å². The van der Waals surface area contributed by atoms with Gasteiger partial charge in [-0.3, -0.25) is 4.31 Å². The van der Waals surface area contributed by atoms with Crippen LogP contribution in [-0.2, 0) is 10.0 Å². The Labute approximate surface area is 148 Å². The Kier molecular flexibility index (Phi) is 5.55. The Balaban J connectivity index is 2.52. The number of nitrogens with zero attached hydrogens (tertiary/aromatic N) is 1. The Hall–Kier alpha value is -1.01. The largest absolute Gasteiger partial charge is 0.264 e. The number of sulfonamides is 1. The van der Waals surface area contributed by atoms with Gasteiger partial charge in [-0.1, -0.05) is 29.3 Å². The molecule has 0 aliphatic heterocycles. The minimum atomic E-state index is -3.73. The highest BCUT2D eigenvalue weighted by Crippen LogP contribution is 2.30. The minimum absolute atomic E-state index is 0.128. The summed E-state index contributed by atoms with van der Waals surface area (Å²) in [5, 5.41) is 0.902. The van der Waals surface area contributed by atoms with Crippen LogP contribution in [0.5, 0.6) is 0 Å². The fraction of sp³-hybridized carbons (Fsp3) is 0.0667. The standard InChI is InChI=1S/C15H12BrCl2NO2S/c1-2-9-19(12-5-8-14(16)15(18)10-12)22(20,21)13-6-3-11(17)4-7-13/h2-8,10H,1,9H2. The van der Waals surface area contributed by atoms with E-state index < -0.39 is 10.0 Å². The van der Waals surface area contributed by atoms with Gasteiger partial charge in [-0.05, 0) is 58.4 Å². The van der Waals surface area contributed by atoms with Gasteiger partial charge < -0.3 is 0 Å². The van der Waals surface area contributed by atoms with Gasteiger partial charge in [0.25, 0.3) is 10.0 Å². The second-order valence-electron chi connectivity index (χ2n) is 4.38. The van der Waals surface area contributed by atoms with Gasteiger partial charge in [0, 0.05) is 9.50 Å². The van der Waals surface area contributed by atoms with Crippen molar-refractivity contribution in [1.82, 2.24) is 0 Å². The number of hydrogen-bond donors (Lipinski definition) is 0. The molecule has 22 heavy (non-hydrogen) atoms. The highest BCUT2D eigenvalue weighted by atomic mass is 79.9. The molecule has 2 rings (SSSR count). The smallest absolute Gasteiger partial charge is 0.262 e. The first-order valence-electron chi connectivity index (χ1n) is 6.20. The van der Waals surface area contributed by atoms with Crippen molar-refractivity contribution < 1.29 is 8.42 Å². The van der Waals surface area contributed by atoms with Gasteiger partial charge in [0.15, 0.2) is 0 Å². The zero-order chi connectivity index (χ0) is 16.3. The highest BCUT2D eigenvalue weighted by Gasteiger charge is 2.24. The first kappa shape index (κ1) is 17.3. The molecule has 0 spiro atoms. The van der Waals surface area contributed by atoms with Crippen LogP contribution in [0.3, 0.4) is 0 Å². The van der Waals surface area contributed by atoms with Crippen LogP contribution in [0.25, 0.3) is 0 Å². The predicted octanol–water partition coefficient (Wildman–Crippen LogP) is 5.14. The summed E-state index contributed by atoms with van der Waals surface area (Å²) in [7, 11) is -3.73. The first-order valence-corrected chi connectivity index (χ1v) is 9.19. The fourth-order valence-corrected chi connectivity index (χ4v) is 3.81. The lowest BCUT2D eigenvalue weighted by Crippen LogP contribution is -2.31. The van der Waals surface area contributed by atoms with Crippen molar-refractivity contribution in [3.8, 4) is 0 Å². The molecule has 0 aliphatic rings. The van der Waals surface area contributed by atoms with E-state index in [9.17, 15) is 8.42 Å². The van der Waals surface area contributed by atoms with Crippen LogP contribution in [0.1, 0.15) is 0 Å². The molecule has 0 bridgehead atoms. The molecule has 2 aromatic carbocycles. The minimum Gasteiger partial charge on any atom is -0.262 e. The second kappa shape index (κ2) is 7.04. The van der Waals surface area contributed by atoms with E-state index in [0.29, 0.717) is 20.2 Å². The van der Waals surface area contributed by atoms with Gasteiger partial charge >= 0.3 is 0 Å². The van der Waals surface area contributed by atoms with E-state index in [1.165, 1.54) is 34.6 Å². The third kappa shape index (κ3) is 3.66. The summed E-state index contributed by atoms with van der Waals surface area (Å²) in [6, 6.07) is 11.0. The van der Waals surface area contributed by atoms with Crippen LogP contribution in [-0.4, -0.2) is 15.0 Å². The summed E-state index contributed by atoms with van der Waals surface area (Å²) in [4.78, 5) is 0.151. The van der Waals surface area contributed by atoms with Gasteiger partial charge in [-0.15, -0.1) is 6.58 Å². The van der Waals surface area contributed by atoms with E-state index in [1.807, 2.05) is 0 Å². The van der Waals surface area contributed by atoms with Crippen molar-refractivity contribution in [2.24, 2.45) is 0 Å². The predicted molar refractivity (Wildman–Crippen MR) is 95.3 cm³/mol. The average Bonchev–Trinajstić information content (AvgIpc) is 2.48. The second-order valence-corrected chi connectivity index (χ2v) is 7.94. The first-order chi connectivity index (χ1) is 10.4. The molecule has 0 unspecified atom stereocenters. The monoisotopic (exact) mass is 419 g/mol. The van der Waals surface area contributed by atoms with E-state index in [1.54, 1.807) is 18.2 Å². The van der Waals surface area contributed by atoms with E-state index in [2.05, 4.69) is 22.5 Å². The summed E-state index contributed by atoms with van der Waals surface area (Å²) in [6.45, 7) is 3.75. The van der Waals surface area contributed by atoms with Crippen molar-refractivity contribution >= 4 is 54.8 Å². The molecule has 0 aromatic heterocycles. The summed E-state index contributed by atoms with van der Waals surface area (Å²) in [5.74, 6) is 0. The fourth-order valence-electron chi connectivity index (χ4n) is 1.83. The van der Waals surface area contributed by atoms with E-state index in [-0.39, 0.29) is 11.4 Å². The molecule has 2 aromatic rings. The number of anilines is 1. The molecule has 0 fully saturated rings. The molecule has 0 N–H and O–H groups in total. The maximum atomic E-state index is 12.8. The third-order valence-corrected chi connectivity index (χ3v) is 6.18. The number of benzene rings is 2. The maximum Gasteiger partial charge on any atom is 0.264 e. The van der Waals surface area contributed by atoms with Gasteiger partial charge in [0.2, 0.25) is 0 Å². The van der Waals surface area contributed by atoms with E-state index in [0.717, 1.165) is 0 Å². The number of rotatable bonds is 5. The lowest BCUT2D eigenvalue weighted by Gasteiger charge is -2.23. The molecule has 0 saturated carbocycles. The molecule has 7 heteroatoms. The van der Waals surface area contributed by atoms with Crippen molar-refractivity contribution in [2.75, 3.05) is 10.8 Å². The summed E-state index contributed by atoms with van der Waals surface area (Å²) in [5.41, 5.74) is 0.461. The summed E-state index contributed by atoms with van der Waals surface area (Å²) < 4.78 is 27.6. The quantitative estimate of drug-likeness (QED) is 0.628. The van der Waals surface area contributed by atoms with Crippen molar-refractivity contribution in [1.29, 1.82) is 0 Å². The van der Waals surface area contributed by atoms with Crippen molar-refractivity contribution in [3.05, 3.63) is 69.6 Å². The molecule has 3 nitrogen and oxygen atoms in total. The Bertz CT molecular complexity index is 792. The van der Waals surface area contributed by atoms with Gasteiger partial charge in [0.05, 0.1) is 22.2 Å². The molecule has 0 heterocycles. The average molecular weight is 421 g/mol. The number of halogens is 3. The van der Waals surface area contributed by atoms with Crippen LogP contribution >= 0.6 is 39.1 Å². The molecular weight excluding hydrogens is 409 g/mol. The lowest BCUT2D eigenvalue weighted by atomic mass is 10.3. The summed E-state index contributed by atoms with van der Waals surface area (Å²) in [6.07, 6.45) is 1.52. The Morgan fingerprint density at radius 2 is 1.77 bits per heavy atom. The highest BCUT2D eigenvalue weighted by molar-refractivity contribution is 9.10.